The van der Waals surface area contributed by atoms with E-state index in [1.165, 1.54) is 30.3 Å². The Kier molecular flexibility index (Phi) is 6.24. The van der Waals surface area contributed by atoms with Crippen LogP contribution < -0.4 is 5.32 Å². The second kappa shape index (κ2) is 9.23. The number of fused-ring (bicyclic) bond motifs is 1. The van der Waals surface area contributed by atoms with E-state index in [9.17, 15) is 14.9 Å². The summed E-state index contributed by atoms with van der Waals surface area (Å²) in [6.07, 6.45) is 10.6. The Balaban J connectivity index is 1.38. The van der Waals surface area contributed by atoms with Crippen LogP contribution in [0.3, 0.4) is 0 Å². The third kappa shape index (κ3) is 5.14. The summed E-state index contributed by atoms with van der Waals surface area (Å²) in [7, 11) is 0. The van der Waals surface area contributed by atoms with Gasteiger partial charge in [-0.2, -0.15) is 5.26 Å². The van der Waals surface area contributed by atoms with Crippen LogP contribution in [0.25, 0.3) is 6.08 Å². The number of hydrogen-bond acceptors (Lipinski definition) is 6. The number of ketones is 1. The van der Waals surface area contributed by atoms with Crippen LogP contribution >= 0.6 is 11.3 Å². The van der Waals surface area contributed by atoms with Crippen molar-refractivity contribution in [2.45, 2.75) is 44.6 Å². The van der Waals surface area contributed by atoms with Gasteiger partial charge in [0, 0.05) is 41.5 Å². The highest BCUT2D eigenvalue weighted by Gasteiger charge is 2.29. The van der Waals surface area contributed by atoms with Crippen molar-refractivity contribution < 1.29 is 14.3 Å². The number of rotatable bonds is 7. The Labute approximate surface area is 179 Å². The van der Waals surface area contributed by atoms with Crippen molar-refractivity contribution in [2.24, 2.45) is 5.92 Å². The minimum atomic E-state index is -0.358. The molecule has 4 rings (SSSR count). The molecule has 0 bridgehead atoms. The number of nitrogens with one attached hydrogen (secondary N) is 1. The fraction of sp³-hybridized carbons (Fsp3) is 0.391. The molecule has 0 spiro atoms. The van der Waals surface area contributed by atoms with E-state index in [4.69, 9.17) is 4.74 Å². The van der Waals surface area contributed by atoms with Crippen molar-refractivity contribution in [1.82, 2.24) is 10.3 Å². The van der Waals surface area contributed by atoms with Gasteiger partial charge in [0.15, 0.2) is 5.78 Å². The highest BCUT2D eigenvalue weighted by Crippen LogP contribution is 2.35. The molecule has 1 atom stereocenters. The van der Waals surface area contributed by atoms with Crippen molar-refractivity contribution in [1.29, 1.82) is 5.26 Å². The largest absolute Gasteiger partial charge is 0.446 e. The van der Waals surface area contributed by atoms with Gasteiger partial charge in [-0.15, -0.1) is 11.3 Å². The van der Waals surface area contributed by atoms with Crippen LogP contribution in [0.2, 0.25) is 0 Å². The molecule has 154 valence electrons. The third-order valence-corrected chi connectivity index (χ3v) is 6.65. The first-order valence-corrected chi connectivity index (χ1v) is 11.0. The van der Waals surface area contributed by atoms with Gasteiger partial charge in [-0.25, -0.2) is 4.79 Å². The van der Waals surface area contributed by atoms with E-state index in [0.29, 0.717) is 37.3 Å². The second-order valence-electron chi connectivity index (χ2n) is 7.77. The highest BCUT2D eigenvalue weighted by molar-refractivity contribution is 7.12. The van der Waals surface area contributed by atoms with Crippen LogP contribution in [0.4, 0.5) is 4.79 Å². The zero-order valence-electron chi connectivity index (χ0n) is 16.6. The van der Waals surface area contributed by atoms with Crippen molar-refractivity contribution >= 4 is 29.3 Å². The van der Waals surface area contributed by atoms with Gasteiger partial charge in [-0.3, -0.25) is 9.78 Å². The number of allylic oxidation sites excluding steroid dienone is 1. The summed E-state index contributed by atoms with van der Waals surface area (Å²) in [5.74, 6) is 0.555. The predicted molar refractivity (Wildman–Crippen MR) is 114 cm³/mol. The van der Waals surface area contributed by atoms with Crippen LogP contribution in [0.5, 0.6) is 0 Å². The molecule has 2 heterocycles. The van der Waals surface area contributed by atoms with Gasteiger partial charge in [-0.05, 0) is 60.9 Å². The second-order valence-corrected chi connectivity index (χ2v) is 8.96. The first-order valence-electron chi connectivity index (χ1n) is 10.2. The van der Waals surface area contributed by atoms with Crippen molar-refractivity contribution in [3.63, 3.8) is 0 Å². The molecule has 6 nitrogen and oxygen atoms in total. The molecule has 0 aliphatic heterocycles. The first-order chi connectivity index (χ1) is 14.6. The highest BCUT2D eigenvalue weighted by atomic mass is 32.1. The Bertz CT molecular complexity index is 1000. The van der Waals surface area contributed by atoms with Crippen molar-refractivity contribution in [2.75, 3.05) is 6.54 Å². The van der Waals surface area contributed by atoms with Crippen molar-refractivity contribution in [3.05, 3.63) is 57.0 Å². The summed E-state index contributed by atoms with van der Waals surface area (Å²) in [6.45, 7) is 0.688. The Morgan fingerprint density at radius 1 is 1.37 bits per heavy atom. The van der Waals surface area contributed by atoms with Crippen LogP contribution in [-0.4, -0.2) is 29.5 Å². The van der Waals surface area contributed by atoms with Gasteiger partial charge < -0.3 is 10.1 Å². The van der Waals surface area contributed by atoms with E-state index in [-0.39, 0.29) is 24.4 Å². The van der Waals surface area contributed by atoms with E-state index in [2.05, 4.69) is 16.4 Å². The maximum absolute atomic E-state index is 12.4. The number of aromatic nitrogens is 1. The van der Waals surface area contributed by atoms with Crippen LogP contribution in [0.15, 0.2) is 30.6 Å². The molecule has 30 heavy (non-hydrogen) atoms. The Morgan fingerprint density at radius 3 is 2.97 bits per heavy atom. The third-order valence-electron chi connectivity index (χ3n) is 5.39. The van der Waals surface area contributed by atoms with E-state index in [1.54, 1.807) is 18.5 Å². The number of hydrogen-bond donors (Lipinski definition) is 1. The van der Waals surface area contributed by atoms with Crippen LogP contribution in [-0.2, 0) is 28.8 Å². The maximum atomic E-state index is 12.4. The number of pyridine rings is 1. The smallest absolute Gasteiger partial charge is 0.407 e. The molecular weight excluding hydrogens is 398 g/mol. The standard InChI is InChI=1S/C23H23N3O3S/c24-12-20-19-8-7-18(29-23(28)26-14-16-3-4-16)11-22(19)30-21(20)10-17(27)6-5-15-2-1-9-25-13-15/h1-2,5-6,9,13,16,18H,3-4,7-8,10-11,14H2,(H,26,28)/b6-5+. The van der Waals surface area contributed by atoms with Gasteiger partial charge in [0.05, 0.1) is 5.56 Å². The minimum Gasteiger partial charge on any atom is -0.446 e. The SMILES string of the molecule is N#Cc1c(CC(=O)/C=C/c2cccnc2)sc2c1CCC(OC(=O)NCC1CC1)C2. The summed E-state index contributed by atoms with van der Waals surface area (Å²) in [6, 6.07) is 5.97. The zero-order valence-corrected chi connectivity index (χ0v) is 17.4. The lowest BCUT2D eigenvalue weighted by Gasteiger charge is -2.22. The lowest BCUT2D eigenvalue weighted by atomic mass is 9.92. The van der Waals surface area contributed by atoms with E-state index in [0.717, 1.165) is 20.9 Å². The average molecular weight is 422 g/mol. The molecule has 2 aromatic rings. The molecular formula is C23H23N3O3S. The monoisotopic (exact) mass is 421 g/mol. The first kappa shape index (κ1) is 20.3. The lowest BCUT2D eigenvalue weighted by Crippen LogP contribution is -2.32. The number of nitriles is 1. The number of carbonyl (C=O) groups excluding carboxylic acids is 2. The Morgan fingerprint density at radius 2 is 2.23 bits per heavy atom. The lowest BCUT2D eigenvalue weighted by molar-refractivity contribution is -0.113. The molecule has 7 heteroatoms. The van der Waals surface area contributed by atoms with Crippen molar-refractivity contribution in [3.8, 4) is 6.07 Å². The average Bonchev–Trinajstić information content (AvgIpc) is 3.52. The van der Waals surface area contributed by atoms with Crippen LogP contribution in [0, 0.1) is 17.2 Å². The normalized spacial score (nSPS) is 17.9. The molecule has 1 N–H and O–H groups in total. The van der Waals surface area contributed by atoms with Gasteiger partial charge in [0.2, 0.25) is 0 Å². The van der Waals surface area contributed by atoms with Gasteiger partial charge in [0.25, 0.3) is 0 Å². The molecule has 0 radical (unpaired) electrons. The van der Waals surface area contributed by atoms with E-state index >= 15 is 0 Å². The topological polar surface area (TPSA) is 92.1 Å². The number of alkyl carbamates (subject to hydrolysis) is 1. The predicted octanol–water partition coefficient (Wildman–Crippen LogP) is 3.83. The fourth-order valence-corrected chi connectivity index (χ4v) is 4.97. The summed E-state index contributed by atoms with van der Waals surface area (Å²) in [4.78, 5) is 30.3. The molecule has 1 unspecified atom stereocenters. The van der Waals surface area contributed by atoms with Gasteiger partial charge in [0.1, 0.15) is 12.2 Å². The molecule has 2 aromatic heterocycles. The van der Waals surface area contributed by atoms with Gasteiger partial charge in [-0.1, -0.05) is 6.07 Å². The number of thiophene rings is 1. The molecule has 2 aliphatic carbocycles. The molecule has 0 aromatic carbocycles. The summed E-state index contributed by atoms with van der Waals surface area (Å²) in [5.41, 5.74) is 2.49. The van der Waals surface area contributed by atoms with Gasteiger partial charge >= 0.3 is 6.09 Å². The number of nitrogens with zero attached hydrogens (tertiary/aromatic N) is 2. The summed E-state index contributed by atoms with van der Waals surface area (Å²) >= 11 is 1.49. The number of ether oxygens (including phenoxy) is 1. The molecule has 1 amide bonds. The molecule has 1 fully saturated rings. The van der Waals surface area contributed by atoms with E-state index < -0.39 is 0 Å². The summed E-state index contributed by atoms with van der Waals surface area (Å²) in [5, 5.41) is 12.5. The minimum absolute atomic E-state index is 0.0544. The number of carbonyl (C=O) groups is 2. The zero-order chi connectivity index (χ0) is 20.9. The van der Waals surface area contributed by atoms with E-state index in [1.807, 2.05) is 12.1 Å². The summed E-state index contributed by atoms with van der Waals surface area (Å²) < 4.78 is 5.57. The fourth-order valence-electron chi connectivity index (χ4n) is 3.59. The molecule has 0 saturated heterocycles. The van der Waals surface area contributed by atoms with Crippen LogP contribution in [0.1, 0.15) is 45.7 Å². The molecule has 1 saturated carbocycles. The Hall–Kier alpha value is -2.98. The maximum Gasteiger partial charge on any atom is 0.407 e. The quantitative estimate of drug-likeness (QED) is 0.686. The number of amides is 1. The molecule has 2 aliphatic rings.